The van der Waals surface area contributed by atoms with Crippen molar-refractivity contribution in [2.45, 2.75) is 129 Å². The van der Waals surface area contributed by atoms with E-state index < -0.39 is 0 Å². The van der Waals surface area contributed by atoms with Crippen LogP contribution in [0.4, 0.5) is 4.39 Å². The molecule has 0 N–H and O–H groups in total. The molecule has 139 valence electrons. The first-order valence-electron chi connectivity index (χ1n) is 10.8. The SMILES string of the molecule is CCCCCCCCCCCCCCC[CH]CCCCCCF. The highest BCUT2D eigenvalue weighted by Gasteiger charge is 1.95. The van der Waals surface area contributed by atoms with E-state index in [-0.39, 0.29) is 6.67 Å². The fourth-order valence-corrected chi connectivity index (χ4v) is 3.19. The lowest BCUT2D eigenvalue weighted by Gasteiger charge is -2.03. The van der Waals surface area contributed by atoms with Crippen LogP contribution >= 0.6 is 0 Å². The molecule has 0 aromatic carbocycles. The average molecular weight is 328 g/mol. The molecule has 0 atom stereocenters. The molecule has 0 aliphatic carbocycles. The van der Waals surface area contributed by atoms with Gasteiger partial charge in [-0.1, -0.05) is 122 Å². The van der Waals surface area contributed by atoms with E-state index in [1.807, 2.05) is 0 Å². The predicted octanol–water partition coefficient (Wildman–Crippen LogP) is 8.59. The second-order valence-corrected chi connectivity index (χ2v) is 7.21. The summed E-state index contributed by atoms with van der Waals surface area (Å²) < 4.78 is 11.9. The van der Waals surface area contributed by atoms with Crippen molar-refractivity contribution < 1.29 is 4.39 Å². The number of alkyl halides is 1. The summed E-state index contributed by atoms with van der Waals surface area (Å²) in [6, 6.07) is 0. The van der Waals surface area contributed by atoms with Crippen molar-refractivity contribution in [1.29, 1.82) is 0 Å². The fourth-order valence-electron chi connectivity index (χ4n) is 3.19. The Hall–Kier alpha value is -0.0700. The van der Waals surface area contributed by atoms with Crippen LogP contribution in [0.25, 0.3) is 0 Å². The molecule has 0 heterocycles. The molecule has 0 fully saturated rings. The molecule has 23 heavy (non-hydrogen) atoms. The lowest BCUT2D eigenvalue weighted by molar-refractivity contribution is 0.452. The van der Waals surface area contributed by atoms with E-state index in [4.69, 9.17) is 0 Å². The molecule has 0 aromatic rings. The second-order valence-electron chi connectivity index (χ2n) is 7.21. The third-order valence-corrected chi connectivity index (χ3v) is 4.80. The van der Waals surface area contributed by atoms with Crippen molar-refractivity contribution in [2.24, 2.45) is 0 Å². The minimum absolute atomic E-state index is 0.136. The number of halogens is 1. The Morgan fingerprint density at radius 3 is 1.22 bits per heavy atom. The van der Waals surface area contributed by atoms with Crippen LogP contribution in [0.1, 0.15) is 129 Å². The average Bonchev–Trinajstić information content (AvgIpc) is 2.57. The first kappa shape index (κ1) is 22.9. The minimum atomic E-state index is -0.136. The van der Waals surface area contributed by atoms with Gasteiger partial charge in [-0.2, -0.15) is 0 Å². The zero-order chi connectivity index (χ0) is 16.8. The summed E-state index contributed by atoms with van der Waals surface area (Å²) >= 11 is 0. The molecule has 0 aliphatic rings. The van der Waals surface area contributed by atoms with Crippen molar-refractivity contribution in [3.05, 3.63) is 6.42 Å². The van der Waals surface area contributed by atoms with E-state index in [1.165, 1.54) is 109 Å². The number of rotatable bonds is 20. The monoisotopic (exact) mass is 327 g/mol. The van der Waals surface area contributed by atoms with Gasteiger partial charge >= 0.3 is 0 Å². The van der Waals surface area contributed by atoms with E-state index in [0.717, 1.165) is 12.8 Å². The van der Waals surface area contributed by atoms with Gasteiger partial charge in [-0.3, -0.25) is 4.39 Å². The summed E-state index contributed by atoms with van der Waals surface area (Å²) in [5.41, 5.74) is 0. The molecule has 0 nitrogen and oxygen atoms in total. The minimum Gasteiger partial charge on any atom is -0.251 e. The molecule has 1 radical (unpaired) electrons. The van der Waals surface area contributed by atoms with Crippen molar-refractivity contribution in [1.82, 2.24) is 0 Å². The fraction of sp³-hybridized carbons (Fsp3) is 0.955. The van der Waals surface area contributed by atoms with Crippen molar-refractivity contribution in [3.63, 3.8) is 0 Å². The summed E-state index contributed by atoms with van der Waals surface area (Å²) in [6.45, 7) is 2.15. The van der Waals surface area contributed by atoms with E-state index in [1.54, 1.807) is 0 Å². The van der Waals surface area contributed by atoms with Crippen LogP contribution < -0.4 is 0 Å². The highest BCUT2D eigenvalue weighted by molar-refractivity contribution is 4.64. The topological polar surface area (TPSA) is 0 Å². The molecule has 0 bridgehead atoms. The van der Waals surface area contributed by atoms with E-state index in [9.17, 15) is 4.39 Å². The van der Waals surface area contributed by atoms with Gasteiger partial charge in [0.05, 0.1) is 6.67 Å². The quantitative estimate of drug-likeness (QED) is 0.196. The standard InChI is InChI=1S/C22H44F/c1-2-3-4-5-6-7-8-9-10-11-12-13-14-15-16-17-18-19-20-21-22-23/h16H,2-15,17-22H2,1H3. The maximum atomic E-state index is 11.9. The largest absolute Gasteiger partial charge is 0.251 e. The van der Waals surface area contributed by atoms with Crippen LogP contribution in [0.5, 0.6) is 0 Å². The Morgan fingerprint density at radius 1 is 0.478 bits per heavy atom. The third-order valence-electron chi connectivity index (χ3n) is 4.80. The number of unbranched alkanes of at least 4 members (excludes halogenated alkanes) is 19. The lowest BCUT2D eigenvalue weighted by Crippen LogP contribution is -1.85. The van der Waals surface area contributed by atoms with Gasteiger partial charge in [0, 0.05) is 0 Å². The molecule has 0 unspecified atom stereocenters. The molecule has 0 spiro atoms. The normalized spacial score (nSPS) is 11.2. The first-order valence-corrected chi connectivity index (χ1v) is 10.8. The maximum Gasteiger partial charge on any atom is 0.0894 e. The Bertz CT molecular complexity index is 170. The summed E-state index contributed by atoms with van der Waals surface area (Å²) in [4.78, 5) is 0. The van der Waals surface area contributed by atoms with Crippen LogP contribution in [0.2, 0.25) is 0 Å². The zero-order valence-electron chi connectivity index (χ0n) is 16.1. The van der Waals surface area contributed by atoms with E-state index in [0.29, 0.717) is 0 Å². The molecular weight excluding hydrogens is 283 g/mol. The maximum absolute atomic E-state index is 11.9. The van der Waals surface area contributed by atoms with Crippen molar-refractivity contribution in [3.8, 4) is 0 Å². The molecule has 0 aliphatic heterocycles. The molecule has 0 saturated carbocycles. The zero-order valence-corrected chi connectivity index (χ0v) is 16.1. The summed E-state index contributed by atoms with van der Waals surface area (Å²) in [5, 5.41) is 0. The van der Waals surface area contributed by atoms with Gasteiger partial charge in [0.1, 0.15) is 0 Å². The first-order chi connectivity index (χ1) is 11.4. The lowest BCUT2D eigenvalue weighted by atomic mass is 10.0. The molecule has 0 amide bonds. The number of hydrogen-bond acceptors (Lipinski definition) is 0. The second kappa shape index (κ2) is 21.9. The van der Waals surface area contributed by atoms with Gasteiger partial charge in [-0.15, -0.1) is 0 Å². The highest BCUT2D eigenvalue weighted by Crippen LogP contribution is 2.14. The van der Waals surface area contributed by atoms with Gasteiger partial charge in [0.25, 0.3) is 0 Å². The summed E-state index contributed by atoms with van der Waals surface area (Å²) in [5.74, 6) is 0. The molecule has 0 saturated heterocycles. The smallest absolute Gasteiger partial charge is 0.0894 e. The third kappa shape index (κ3) is 21.9. The van der Waals surface area contributed by atoms with Crippen LogP contribution in [0.3, 0.4) is 0 Å². The van der Waals surface area contributed by atoms with Crippen molar-refractivity contribution >= 4 is 0 Å². The predicted molar refractivity (Wildman–Crippen MR) is 104 cm³/mol. The Labute approximate surface area is 147 Å². The summed E-state index contributed by atoms with van der Waals surface area (Å²) in [6.07, 6.45) is 27.9. The molecular formula is C22H44F. The van der Waals surface area contributed by atoms with E-state index in [2.05, 4.69) is 13.3 Å². The van der Waals surface area contributed by atoms with Gasteiger partial charge in [-0.25, -0.2) is 0 Å². The summed E-state index contributed by atoms with van der Waals surface area (Å²) in [7, 11) is 0. The van der Waals surface area contributed by atoms with Gasteiger partial charge in [-0.05, 0) is 12.8 Å². The molecule has 0 aromatic heterocycles. The molecule has 1 heteroatoms. The van der Waals surface area contributed by atoms with Gasteiger partial charge in [0.2, 0.25) is 0 Å². The van der Waals surface area contributed by atoms with Crippen LogP contribution in [0.15, 0.2) is 0 Å². The van der Waals surface area contributed by atoms with Crippen molar-refractivity contribution in [2.75, 3.05) is 6.67 Å². The van der Waals surface area contributed by atoms with Crippen LogP contribution in [-0.4, -0.2) is 6.67 Å². The van der Waals surface area contributed by atoms with Gasteiger partial charge in [0.15, 0.2) is 0 Å². The number of hydrogen-bond donors (Lipinski definition) is 0. The van der Waals surface area contributed by atoms with E-state index >= 15 is 0 Å². The Balaban J connectivity index is 2.92. The van der Waals surface area contributed by atoms with Gasteiger partial charge < -0.3 is 0 Å². The Morgan fingerprint density at radius 2 is 0.826 bits per heavy atom. The van der Waals surface area contributed by atoms with Crippen LogP contribution in [-0.2, 0) is 0 Å². The van der Waals surface area contributed by atoms with Crippen LogP contribution in [0, 0.1) is 6.42 Å². The molecule has 0 rings (SSSR count). The highest BCUT2D eigenvalue weighted by atomic mass is 19.1. The Kier molecular flexibility index (Phi) is 21.9.